The van der Waals surface area contributed by atoms with Crippen LogP contribution in [0.5, 0.6) is 0 Å². The molecule has 0 bridgehead atoms. The molecule has 0 saturated carbocycles. The summed E-state index contributed by atoms with van der Waals surface area (Å²) in [5.74, 6) is -1.90. The molecule has 0 spiro atoms. The van der Waals surface area contributed by atoms with Crippen LogP contribution in [0.2, 0.25) is 0 Å². The SMILES string of the molecule is N=C1N(CC(=O)OP(=O)(O)O)CCN1P(=O)(O)O. The number of guanidine groups is 1. The molecule has 1 saturated heterocycles. The molecule has 18 heavy (non-hydrogen) atoms. The van der Waals surface area contributed by atoms with E-state index in [2.05, 4.69) is 4.52 Å². The normalized spacial score (nSPS) is 17.2. The number of hydrogen-bond acceptors (Lipinski definition) is 5. The van der Waals surface area contributed by atoms with Gasteiger partial charge in [0, 0.05) is 13.1 Å². The number of phosphoric ester groups is 1. The van der Waals surface area contributed by atoms with Crippen molar-refractivity contribution in [1.29, 1.82) is 5.41 Å². The molecule has 0 aromatic heterocycles. The van der Waals surface area contributed by atoms with E-state index >= 15 is 0 Å². The molecule has 1 fully saturated rings. The maximum absolute atomic E-state index is 11.1. The maximum atomic E-state index is 11.1. The van der Waals surface area contributed by atoms with E-state index in [0.29, 0.717) is 4.67 Å². The van der Waals surface area contributed by atoms with E-state index in [1.54, 1.807) is 0 Å². The molecule has 1 aliphatic rings. The van der Waals surface area contributed by atoms with Crippen molar-refractivity contribution in [3.8, 4) is 0 Å². The predicted octanol–water partition coefficient (Wildman–Crippen LogP) is -1.73. The summed E-state index contributed by atoms with van der Waals surface area (Å²) in [5.41, 5.74) is 0. The first kappa shape index (κ1) is 15.1. The second-order valence-electron chi connectivity index (χ2n) is 3.34. The predicted molar refractivity (Wildman–Crippen MR) is 56.2 cm³/mol. The number of carbonyl (C=O) groups excluding carboxylic acids is 1. The van der Waals surface area contributed by atoms with Gasteiger partial charge in [-0.15, -0.1) is 0 Å². The van der Waals surface area contributed by atoms with Crippen LogP contribution in [0.1, 0.15) is 0 Å². The van der Waals surface area contributed by atoms with Gasteiger partial charge in [0.1, 0.15) is 6.54 Å². The molecule has 0 atom stereocenters. The van der Waals surface area contributed by atoms with Gasteiger partial charge in [0.15, 0.2) is 0 Å². The lowest BCUT2D eigenvalue weighted by Gasteiger charge is -2.21. The Hall–Kier alpha value is -0.960. The molecule has 5 N–H and O–H groups in total. The van der Waals surface area contributed by atoms with Crippen LogP contribution < -0.4 is 0 Å². The summed E-state index contributed by atoms with van der Waals surface area (Å²) in [6, 6.07) is 0. The quantitative estimate of drug-likeness (QED) is 0.375. The van der Waals surface area contributed by atoms with Gasteiger partial charge in [-0.05, 0) is 0 Å². The molecule has 0 radical (unpaired) electrons. The fraction of sp³-hybridized carbons (Fsp3) is 0.600. The number of rotatable bonds is 4. The van der Waals surface area contributed by atoms with Crippen LogP contribution in [-0.2, 0) is 18.4 Å². The van der Waals surface area contributed by atoms with Crippen LogP contribution in [0, 0.1) is 5.41 Å². The van der Waals surface area contributed by atoms with Crippen LogP contribution in [0.3, 0.4) is 0 Å². The molecular weight excluding hydrogens is 292 g/mol. The number of phosphoric acid groups is 1. The highest BCUT2D eigenvalue weighted by Crippen LogP contribution is 2.42. The van der Waals surface area contributed by atoms with E-state index in [-0.39, 0.29) is 13.1 Å². The van der Waals surface area contributed by atoms with Gasteiger partial charge in [-0.2, -0.15) is 0 Å². The number of carbonyl (C=O) groups is 1. The van der Waals surface area contributed by atoms with Gasteiger partial charge in [0.25, 0.3) is 0 Å². The molecule has 1 rings (SSSR count). The second-order valence-corrected chi connectivity index (χ2v) is 6.01. The Morgan fingerprint density at radius 2 is 1.83 bits per heavy atom. The molecule has 0 amide bonds. The van der Waals surface area contributed by atoms with Gasteiger partial charge in [0.2, 0.25) is 5.96 Å². The van der Waals surface area contributed by atoms with Crippen molar-refractivity contribution in [3.63, 3.8) is 0 Å². The van der Waals surface area contributed by atoms with E-state index in [1.807, 2.05) is 0 Å². The fourth-order valence-corrected chi connectivity index (χ4v) is 2.36. The van der Waals surface area contributed by atoms with E-state index in [9.17, 15) is 13.9 Å². The van der Waals surface area contributed by atoms with Crippen molar-refractivity contribution in [3.05, 3.63) is 0 Å². The molecule has 11 nitrogen and oxygen atoms in total. The Morgan fingerprint density at radius 1 is 1.28 bits per heavy atom. The van der Waals surface area contributed by atoms with E-state index < -0.39 is 34.0 Å². The summed E-state index contributed by atoms with van der Waals surface area (Å²) in [4.78, 5) is 46.4. The number of nitrogens with one attached hydrogen (secondary N) is 1. The standard InChI is InChI=1S/C5H11N3O8P2/c6-5-7(1-2-8(5)17(10,11)12)3-4(9)16-18(13,14)15/h6H,1-3H2,(H2,10,11,12)(H2,13,14,15). The Morgan fingerprint density at radius 3 is 2.22 bits per heavy atom. The highest BCUT2D eigenvalue weighted by atomic mass is 31.2. The van der Waals surface area contributed by atoms with Crippen molar-refractivity contribution in [1.82, 2.24) is 9.57 Å². The molecular formula is C5H11N3O8P2. The molecule has 13 heteroatoms. The van der Waals surface area contributed by atoms with Crippen LogP contribution in [-0.4, -0.2) is 60.7 Å². The molecule has 104 valence electrons. The van der Waals surface area contributed by atoms with Crippen LogP contribution in [0.25, 0.3) is 0 Å². The smallest absolute Gasteiger partial charge is 0.369 e. The third-order valence-electron chi connectivity index (χ3n) is 1.98. The minimum absolute atomic E-state index is 0.0415. The van der Waals surface area contributed by atoms with Crippen molar-refractivity contribution in [2.45, 2.75) is 0 Å². The van der Waals surface area contributed by atoms with Crippen LogP contribution in [0.15, 0.2) is 0 Å². The minimum atomic E-state index is -4.96. The van der Waals surface area contributed by atoms with Crippen LogP contribution in [0.4, 0.5) is 0 Å². The van der Waals surface area contributed by atoms with Gasteiger partial charge in [-0.3, -0.25) is 15.2 Å². The van der Waals surface area contributed by atoms with Gasteiger partial charge < -0.3 is 19.2 Å². The third kappa shape index (κ3) is 4.05. The summed E-state index contributed by atoms with van der Waals surface area (Å²) in [6.45, 7) is -0.896. The summed E-state index contributed by atoms with van der Waals surface area (Å²) in [7, 11) is -9.59. The van der Waals surface area contributed by atoms with Crippen molar-refractivity contribution in [2.75, 3.05) is 19.6 Å². The highest BCUT2D eigenvalue weighted by Gasteiger charge is 2.37. The number of hydrogen-bond donors (Lipinski definition) is 5. The van der Waals surface area contributed by atoms with Gasteiger partial charge in [-0.25, -0.2) is 18.6 Å². The van der Waals surface area contributed by atoms with Crippen LogP contribution >= 0.6 is 15.6 Å². The molecule has 0 aromatic rings. The van der Waals surface area contributed by atoms with Crippen molar-refractivity contribution in [2.24, 2.45) is 0 Å². The highest BCUT2D eigenvalue weighted by molar-refractivity contribution is 7.50. The summed E-state index contributed by atoms with van der Waals surface area (Å²) >= 11 is 0. The zero-order valence-corrected chi connectivity index (χ0v) is 10.6. The number of nitrogens with zero attached hydrogens (tertiary/aromatic N) is 2. The fourth-order valence-electron chi connectivity index (χ4n) is 1.32. The van der Waals surface area contributed by atoms with Gasteiger partial charge >= 0.3 is 21.5 Å². The third-order valence-corrected chi connectivity index (χ3v) is 3.44. The monoisotopic (exact) mass is 303 g/mol. The first-order valence-corrected chi connectivity index (χ1v) is 7.55. The summed E-state index contributed by atoms with van der Waals surface area (Å²) in [6.07, 6.45) is 0. The second kappa shape index (κ2) is 4.96. The molecule has 0 unspecified atom stereocenters. The summed E-state index contributed by atoms with van der Waals surface area (Å²) in [5, 5.41) is 7.40. The topological polar surface area (TPSA) is 172 Å². The van der Waals surface area contributed by atoms with Gasteiger partial charge in [-0.1, -0.05) is 0 Å². The molecule has 0 aromatic carbocycles. The van der Waals surface area contributed by atoms with Gasteiger partial charge in [0.05, 0.1) is 0 Å². The average Bonchev–Trinajstić information content (AvgIpc) is 2.43. The largest absolute Gasteiger partial charge is 0.527 e. The van der Waals surface area contributed by atoms with E-state index in [4.69, 9.17) is 25.0 Å². The summed E-state index contributed by atoms with van der Waals surface area (Å²) < 4.78 is 25.5. The average molecular weight is 303 g/mol. The van der Waals surface area contributed by atoms with Crippen molar-refractivity contribution < 1.29 is 38.0 Å². The molecule has 0 aliphatic carbocycles. The van der Waals surface area contributed by atoms with Crippen molar-refractivity contribution >= 4 is 27.5 Å². The first-order valence-electron chi connectivity index (χ1n) is 4.46. The first-order chi connectivity index (χ1) is 8.00. The molecule has 1 heterocycles. The minimum Gasteiger partial charge on any atom is -0.369 e. The Labute approximate surface area is 101 Å². The Kier molecular flexibility index (Phi) is 4.16. The Balaban J connectivity index is 2.62. The Bertz CT molecular complexity index is 454. The lowest BCUT2D eigenvalue weighted by molar-refractivity contribution is -0.136. The lowest BCUT2D eigenvalue weighted by atomic mass is 10.5. The zero-order valence-electron chi connectivity index (χ0n) is 8.83. The zero-order chi connectivity index (χ0) is 14.1. The molecule has 1 aliphatic heterocycles. The van der Waals surface area contributed by atoms with E-state index in [0.717, 1.165) is 4.90 Å². The maximum Gasteiger partial charge on any atom is 0.527 e. The lowest BCUT2D eigenvalue weighted by Crippen LogP contribution is -2.35. The van der Waals surface area contributed by atoms with E-state index in [1.165, 1.54) is 0 Å².